The van der Waals surface area contributed by atoms with Gasteiger partial charge >= 0.3 is 0 Å². The van der Waals surface area contributed by atoms with Crippen LogP contribution in [0.25, 0.3) is 0 Å². The second-order valence-electron chi connectivity index (χ2n) is 2.47. The van der Waals surface area contributed by atoms with Gasteiger partial charge in [0.1, 0.15) is 10.7 Å². The van der Waals surface area contributed by atoms with Crippen LogP contribution in [0.1, 0.15) is 12.0 Å². The molecule has 0 atom stereocenters. The zero-order chi connectivity index (χ0) is 11.8. The van der Waals surface area contributed by atoms with E-state index in [1.807, 2.05) is 0 Å². The molecule has 0 bridgehead atoms. The van der Waals surface area contributed by atoms with Crippen LogP contribution in [0.4, 0.5) is 14.6 Å². The molecule has 1 rings (SSSR count). The summed E-state index contributed by atoms with van der Waals surface area (Å²) in [5.74, 6) is -0.617. The Bertz CT molecular complexity index is 492. The molecule has 4 nitrogen and oxygen atoms in total. The summed E-state index contributed by atoms with van der Waals surface area (Å²) in [7, 11) is 0.565. The monoisotopic (exact) mass is 276 g/mol. The highest BCUT2D eigenvalue weighted by Gasteiger charge is 2.28. The standard InChI is InChI=1S/C6H4Cl2F2N2O2S/c7-2-1-12-6(11)3(5(9)10)4(2)15(8,13)14/h1,5H,(H2,11,12). The maximum atomic E-state index is 12.5. The Kier molecular flexibility index (Phi) is 3.37. The number of aromatic nitrogens is 1. The lowest BCUT2D eigenvalue weighted by molar-refractivity contribution is 0.148. The first-order valence-electron chi connectivity index (χ1n) is 3.42. The third-order valence-corrected chi connectivity index (χ3v) is 3.31. The molecule has 0 saturated heterocycles. The van der Waals surface area contributed by atoms with Gasteiger partial charge in [0.25, 0.3) is 15.5 Å². The number of nitrogens with two attached hydrogens (primary N) is 1. The Morgan fingerprint density at radius 1 is 1.47 bits per heavy atom. The lowest BCUT2D eigenvalue weighted by atomic mass is 10.2. The number of rotatable bonds is 2. The van der Waals surface area contributed by atoms with Gasteiger partial charge in [0.2, 0.25) is 0 Å². The molecule has 0 aliphatic carbocycles. The summed E-state index contributed by atoms with van der Waals surface area (Å²) in [6, 6.07) is 0. The van der Waals surface area contributed by atoms with Crippen LogP contribution < -0.4 is 5.73 Å². The maximum absolute atomic E-state index is 12.5. The van der Waals surface area contributed by atoms with Gasteiger partial charge in [-0.1, -0.05) is 11.6 Å². The molecule has 0 aliphatic rings. The van der Waals surface area contributed by atoms with Crippen LogP contribution >= 0.6 is 22.3 Å². The van der Waals surface area contributed by atoms with Crippen molar-refractivity contribution in [1.82, 2.24) is 4.98 Å². The van der Waals surface area contributed by atoms with Crippen LogP contribution in [-0.4, -0.2) is 13.4 Å². The number of hydrogen-bond acceptors (Lipinski definition) is 4. The fourth-order valence-electron chi connectivity index (χ4n) is 0.958. The zero-order valence-corrected chi connectivity index (χ0v) is 9.24. The highest BCUT2D eigenvalue weighted by atomic mass is 35.7. The van der Waals surface area contributed by atoms with E-state index in [0.29, 0.717) is 0 Å². The molecule has 0 radical (unpaired) electrons. The Morgan fingerprint density at radius 3 is 2.33 bits per heavy atom. The van der Waals surface area contributed by atoms with Gasteiger partial charge in [0.15, 0.2) is 0 Å². The van der Waals surface area contributed by atoms with E-state index in [9.17, 15) is 17.2 Å². The summed E-state index contributed by atoms with van der Waals surface area (Å²) in [5.41, 5.74) is 4.14. The molecule has 0 aromatic carbocycles. The normalized spacial score (nSPS) is 12.1. The number of pyridine rings is 1. The first-order valence-corrected chi connectivity index (χ1v) is 6.10. The van der Waals surface area contributed by atoms with Gasteiger partial charge in [0, 0.05) is 16.9 Å². The van der Waals surface area contributed by atoms with Crippen molar-refractivity contribution in [3.8, 4) is 0 Å². The van der Waals surface area contributed by atoms with E-state index in [4.69, 9.17) is 28.0 Å². The fraction of sp³-hybridized carbons (Fsp3) is 0.167. The molecule has 1 aromatic rings. The average Bonchev–Trinajstić information content (AvgIpc) is 2.05. The number of alkyl halides is 2. The van der Waals surface area contributed by atoms with Crippen LogP contribution in [-0.2, 0) is 9.05 Å². The number of nitrogen functional groups attached to an aromatic ring is 1. The molecule has 9 heteroatoms. The third-order valence-electron chi connectivity index (χ3n) is 1.52. The van der Waals surface area contributed by atoms with E-state index in [2.05, 4.69) is 4.98 Å². The van der Waals surface area contributed by atoms with E-state index in [1.54, 1.807) is 0 Å². The predicted molar refractivity (Wildman–Crippen MR) is 51.7 cm³/mol. The molecule has 2 N–H and O–H groups in total. The van der Waals surface area contributed by atoms with Crippen molar-refractivity contribution < 1.29 is 17.2 Å². The van der Waals surface area contributed by atoms with Crippen molar-refractivity contribution in [2.75, 3.05) is 5.73 Å². The first kappa shape index (κ1) is 12.4. The van der Waals surface area contributed by atoms with Crippen molar-refractivity contribution in [2.45, 2.75) is 11.3 Å². The third kappa shape index (κ3) is 2.47. The second-order valence-corrected chi connectivity index (χ2v) is 5.38. The Balaban J connectivity index is 3.68. The van der Waals surface area contributed by atoms with Crippen LogP contribution in [0, 0.1) is 0 Å². The van der Waals surface area contributed by atoms with Gasteiger partial charge in [-0.2, -0.15) is 0 Å². The molecule has 0 unspecified atom stereocenters. The van der Waals surface area contributed by atoms with Gasteiger partial charge in [-0.25, -0.2) is 22.2 Å². The van der Waals surface area contributed by atoms with Crippen molar-refractivity contribution in [3.63, 3.8) is 0 Å². The molecule has 0 amide bonds. The van der Waals surface area contributed by atoms with E-state index in [0.717, 1.165) is 6.20 Å². The summed E-state index contributed by atoms with van der Waals surface area (Å²) in [4.78, 5) is 2.42. The van der Waals surface area contributed by atoms with E-state index < -0.39 is 36.8 Å². The smallest absolute Gasteiger partial charge is 0.268 e. The quantitative estimate of drug-likeness (QED) is 0.841. The van der Waals surface area contributed by atoms with Gasteiger partial charge in [-0.3, -0.25) is 0 Å². The minimum atomic E-state index is -4.39. The first-order chi connectivity index (χ1) is 6.75. The van der Waals surface area contributed by atoms with Gasteiger partial charge in [-0.15, -0.1) is 0 Å². The lowest BCUT2D eigenvalue weighted by Crippen LogP contribution is -2.06. The van der Waals surface area contributed by atoms with Gasteiger partial charge in [0.05, 0.1) is 10.6 Å². The molecule has 0 spiro atoms. The summed E-state index contributed by atoms with van der Waals surface area (Å²) in [6.45, 7) is 0. The highest BCUT2D eigenvalue weighted by molar-refractivity contribution is 8.13. The number of nitrogens with zero attached hydrogens (tertiary/aromatic N) is 1. The van der Waals surface area contributed by atoms with Crippen LogP contribution in [0.2, 0.25) is 5.02 Å². The SMILES string of the molecule is Nc1ncc(Cl)c(S(=O)(=O)Cl)c1C(F)F. The molecule has 0 fully saturated rings. The summed E-state index contributed by atoms with van der Waals surface area (Å²) < 4.78 is 47.0. The fourth-order valence-corrected chi connectivity index (χ4v) is 2.77. The van der Waals surface area contributed by atoms with Crippen LogP contribution in [0.15, 0.2) is 11.1 Å². The van der Waals surface area contributed by atoms with Crippen molar-refractivity contribution in [3.05, 3.63) is 16.8 Å². The van der Waals surface area contributed by atoms with E-state index >= 15 is 0 Å². The van der Waals surface area contributed by atoms with Crippen LogP contribution in [0.3, 0.4) is 0 Å². The molecule has 0 saturated carbocycles. The molecular weight excluding hydrogens is 273 g/mol. The molecule has 15 heavy (non-hydrogen) atoms. The summed E-state index contributed by atoms with van der Waals surface area (Å²) >= 11 is 5.42. The maximum Gasteiger partial charge on any atom is 0.268 e. The lowest BCUT2D eigenvalue weighted by Gasteiger charge is -2.09. The molecule has 84 valence electrons. The Morgan fingerprint density at radius 2 is 2.00 bits per heavy atom. The Labute approximate surface area is 93.4 Å². The van der Waals surface area contributed by atoms with Crippen molar-refractivity contribution >= 4 is 37.2 Å². The molecule has 1 aromatic heterocycles. The molecule has 1 heterocycles. The molecule has 0 aliphatic heterocycles. The van der Waals surface area contributed by atoms with Gasteiger partial charge in [-0.05, 0) is 0 Å². The van der Waals surface area contributed by atoms with E-state index in [-0.39, 0.29) is 0 Å². The minimum absolute atomic E-state index is 0.491. The summed E-state index contributed by atoms with van der Waals surface area (Å²) in [5, 5.41) is -0.491. The van der Waals surface area contributed by atoms with Crippen LogP contribution in [0.5, 0.6) is 0 Å². The van der Waals surface area contributed by atoms with Crippen molar-refractivity contribution in [2.24, 2.45) is 0 Å². The predicted octanol–water partition coefficient (Wildman–Crippen LogP) is 2.18. The highest BCUT2D eigenvalue weighted by Crippen LogP contribution is 2.36. The number of anilines is 1. The average molecular weight is 277 g/mol. The summed E-state index contributed by atoms with van der Waals surface area (Å²) in [6.07, 6.45) is -2.28. The zero-order valence-electron chi connectivity index (χ0n) is 6.92. The second kappa shape index (κ2) is 4.07. The Hall–Kier alpha value is -0.660. The number of halogens is 4. The topological polar surface area (TPSA) is 73.0 Å². The largest absolute Gasteiger partial charge is 0.383 e. The van der Waals surface area contributed by atoms with E-state index in [1.165, 1.54) is 0 Å². The minimum Gasteiger partial charge on any atom is -0.383 e. The molecular formula is C6H4Cl2F2N2O2S. The van der Waals surface area contributed by atoms with Crippen molar-refractivity contribution in [1.29, 1.82) is 0 Å². The van der Waals surface area contributed by atoms with Gasteiger partial charge < -0.3 is 5.73 Å². The number of hydrogen-bond donors (Lipinski definition) is 1.